The summed E-state index contributed by atoms with van der Waals surface area (Å²) in [4.78, 5) is 43.7. The molecule has 0 saturated heterocycles. The second-order valence-electron chi connectivity index (χ2n) is 11.4. The van der Waals surface area contributed by atoms with Crippen LogP contribution in [0.15, 0.2) is 72.8 Å². The summed E-state index contributed by atoms with van der Waals surface area (Å²) in [5, 5.41) is 0. The number of benzene rings is 3. The fourth-order valence-corrected chi connectivity index (χ4v) is 6.18. The second kappa shape index (κ2) is 12.4. The van der Waals surface area contributed by atoms with Gasteiger partial charge in [0.15, 0.2) is 0 Å². The Bertz CT molecular complexity index is 1730. The summed E-state index contributed by atoms with van der Waals surface area (Å²) < 4.78 is 12.9. The first kappa shape index (κ1) is 29.2. The number of carbonyl (C=O) groups is 3. The molecule has 0 atom stereocenters. The van der Waals surface area contributed by atoms with Crippen molar-refractivity contribution in [3.8, 4) is 11.3 Å². The lowest BCUT2D eigenvalue weighted by molar-refractivity contribution is 0.0525. The molecule has 0 fully saturated rings. The predicted octanol–water partition coefficient (Wildman–Crippen LogP) is 6.07. The van der Waals surface area contributed by atoms with Crippen molar-refractivity contribution in [3.05, 3.63) is 117 Å². The van der Waals surface area contributed by atoms with Crippen molar-refractivity contribution in [1.82, 2.24) is 14.4 Å². The average molecular weight is 592 g/mol. The van der Waals surface area contributed by atoms with Crippen molar-refractivity contribution in [2.24, 2.45) is 7.05 Å². The van der Waals surface area contributed by atoms with Gasteiger partial charge in [0.05, 0.1) is 12.2 Å². The van der Waals surface area contributed by atoms with Crippen LogP contribution < -0.4 is 0 Å². The number of amides is 2. The van der Waals surface area contributed by atoms with Gasteiger partial charge in [0, 0.05) is 55.7 Å². The lowest BCUT2D eigenvalue weighted by atomic mass is 9.91. The Morgan fingerprint density at radius 3 is 2.20 bits per heavy atom. The molecule has 0 spiro atoms. The molecule has 2 aliphatic rings. The van der Waals surface area contributed by atoms with E-state index in [-0.39, 0.29) is 31.2 Å². The molecule has 8 heteroatoms. The van der Waals surface area contributed by atoms with E-state index in [4.69, 9.17) is 9.47 Å². The van der Waals surface area contributed by atoms with E-state index in [2.05, 4.69) is 18.2 Å². The number of ether oxygens (including phenoxy) is 2. The van der Waals surface area contributed by atoms with Crippen molar-refractivity contribution in [3.63, 3.8) is 0 Å². The van der Waals surface area contributed by atoms with E-state index in [1.54, 1.807) is 11.8 Å². The van der Waals surface area contributed by atoms with Crippen LogP contribution in [0.5, 0.6) is 0 Å². The van der Waals surface area contributed by atoms with E-state index in [1.165, 1.54) is 5.56 Å². The molecule has 0 aliphatic carbocycles. The van der Waals surface area contributed by atoms with Crippen molar-refractivity contribution in [2.75, 3.05) is 19.7 Å². The van der Waals surface area contributed by atoms with Crippen LogP contribution in [0.2, 0.25) is 0 Å². The minimum absolute atomic E-state index is 0.0716. The number of aromatic nitrogens is 1. The minimum atomic E-state index is -0.380. The average Bonchev–Trinajstić information content (AvgIpc) is 3.36. The highest BCUT2D eigenvalue weighted by atomic mass is 16.6. The first-order valence-corrected chi connectivity index (χ1v) is 15.1. The predicted molar refractivity (Wildman–Crippen MR) is 167 cm³/mol. The molecule has 0 bridgehead atoms. The summed E-state index contributed by atoms with van der Waals surface area (Å²) in [6, 6.07) is 23.7. The van der Waals surface area contributed by atoms with Gasteiger partial charge < -0.3 is 23.8 Å². The van der Waals surface area contributed by atoms with Gasteiger partial charge in [0.2, 0.25) is 0 Å². The van der Waals surface area contributed by atoms with Crippen LogP contribution in [0.3, 0.4) is 0 Å². The third-order valence-electron chi connectivity index (χ3n) is 8.77. The highest BCUT2D eigenvalue weighted by molar-refractivity contribution is 6.02. The van der Waals surface area contributed by atoms with Gasteiger partial charge in [-0.25, -0.2) is 9.59 Å². The monoisotopic (exact) mass is 591 g/mol. The number of carbonyl (C=O) groups excluding carboxylic acids is 3. The molecule has 0 radical (unpaired) electrons. The summed E-state index contributed by atoms with van der Waals surface area (Å²) in [6.45, 7) is 6.17. The Balaban J connectivity index is 1.34. The third kappa shape index (κ3) is 5.72. The van der Waals surface area contributed by atoms with Gasteiger partial charge in [-0.1, -0.05) is 54.6 Å². The maximum Gasteiger partial charge on any atom is 0.410 e. The van der Waals surface area contributed by atoms with Gasteiger partial charge >= 0.3 is 12.1 Å². The molecule has 0 unspecified atom stereocenters. The molecule has 3 heterocycles. The molecular weight excluding hydrogens is 554 g/mol. The van der Waals surface area contributed by atoms with E-state index in [1.807, 2.05) is 78.0 Å². The molecular formula is C36H37N3O5. The summed E-state index contributed by atoms with van der Waals surface area (Å²) in [6.07, 6.45) is 1.04. The second-order valence-corrected chi connectivity index (χ2v) is 11.4. The normalized spacial score (nSPS) is 14.1. The SMILES string of the molecule is CCOC(=O)c1cc(-c2cc3c(cc2C(=O)N2CCc4ccccc4C2)CN(C(=O)OCc2ccccc2)CC3)n(C)c1C. The number of esters is 1. The Hall–Kier alpha value is -4.85. The van der Waals surface area contributed by atoms with Gasteiger partial charge in [0.1, 0.15) is 6.61 Å². The van der Waals surface area contributed by atoms with Crippen LogP contribution in [0.25, 0.3) is 11.3 Å². The molecule has 1 aromatic heterocycles. The number of nitrogens with zero attached hydrogens (tertiary/aromatic N) is 3. The van der Waals surface area contributed by atoms with Crippen molar-refractivity contribution in [1.29, 1.82) is 0 Å². The Morgan fingerprint density at radius 2 is 1.43 bits per heavy atom. The summed E-state index contributed by atoms with van der Waals surface area (Å²) in [7, 11) is 1.91. The standard InChI is InChI=1S/C36H37N3O5/c1-4-43-35(41)30-20-33(37(3)24(30)2)31-18-27-15-17-39(36(42)44-23-25-10-6-5-7-11-25)22-29(27)19-32(31)34(40)38-16-14-26-12-8-9-13-28(26)21-38/h5-13,18-20H,4,14-17,21-23H2,1-3H3. The molecule has 4 aromatic rings. The minimum Gasteiger partial charge on any atom is -0.462 e. The van der Waals surface area contributed by atoms with Crippen molar-refractivity contribution in [2.45, 2.75) is 46.4 Å². The highest BCUT2D eigenvalue weighted by Crippen LogP contribution is 2.34. The molecule has 0 N–H and O–H groups in total. The first-order chi connectivity index (χ1) is 21.3. The molecule has 226 valence electrons. The van der Waals surface area contributed by atoms with Crippen LogP contribution in [0.1, 0.15) is 61.2 Å². The molecule has 2 aliphatic heterocycles. The topological polar surface area (TPSA) is 81.1 Å². The summed E-state index contributed by atoms with van der Waals surface area (Å²) >= 11 is 0. The molecule has 44 heavy (non-hydrogen) atoms. The lowest BCUT2D eigenvalue weighted by Crippen LogP contribution is -2.38. The van der Waals surface area contributed by atoms with Gasteiger partial charge in [-0.3, -0.25) is 4.79 Å². The molecule has 0 saturated carbocycles. The third-order valence-corrected chi connectivity index (χ3v) is 8.77. The van der Waals surface area contributed by atoms with Crippen molar-refractivity contribution >= 4 is 18.0 Å². The van der Waals surface area contributed by atoms with E-state index >= 15 is 0 Å². The molecule has 6 rings (SSSR count). The van der Waals surface area contributed by atoms with E-state index < -0.39 is 0 Å². The van der Waals surface area contributed by atoms with Crippen molar-refractivity contribution < 1.29 is 23.9 Å². The maximum absolute atomic E-state index is 14.3. The molecule has 8 nitrogen and oxygen atoms in total. The zero-order chi connectivity index (χ0) is 30.8. The zero-order valence-electron chi connectivity index (χ0n) is 25.5. The fourth-order valence-electron chi connectivity index (χ4n) is 6.18. The summed E-state index contributed by atoms with van der Waals surface area (Å²) in [5.41, 5.74) is 8.71. The Morgan fingerprint density at radius 1 is 0.750 bits per heavy atom. The quantitative estimate of drug-likeness (QED) is 0.254. The lowest BCUT2D eigenvalue weighted by Gasteiger charge is -2.32. The van der Waals surface area contributed by atoms with Crippen LogP contribution in [-0.2, 0) is 49.1 Å². The van der Waals surface area contributed by atoms with Gasteiger partial charge in [-0.05, 0) is 72.7 Å². The van der Waals surface area contributed by atoms with Crippen LogP contribution >= 0.6 is 0 Å². The number of fused-ring (bicyclic) bond motifs is 2. The number of hydrogen-bond donors (Lipinski definition) is 0. The van der Waals surface area contributed by atoms with Gasteiger partial charge in [-0.15, -0.1) is 0 Å². The smallest absolute Gasteiger partial charge is 0.410 e. The fraction of sp³-hybridized carbons (Fsp3) is 0.306. The van der Waals surface area contributed by atoms with Gasteiger partial charge in [0.25, 0.3) is 5.91 Å². The maximum atomic E-state index is 14.3. The van der Waals surface area contributed by atoms with E-state index in [0.29, 0.717) is 43.7 Å². The Kier molecular flexibility index (Phi) is 8.24. The highest BCUT2D eigenvalue weighted by Gasteiger charge is 2.30. The van der Waals surface area contributed by atoms with E-state index in [0.717, 1.165) is 45.6 Å². The largest absolute Gasteiger partial charge is 0.462 e. The zero-order valence-corrected chi connectivity index (χ0v) is 25.5. The van der Waals surface area contributed by atoms with Crippen LogP contribution in [-0.4, -0.2) is 52.0 Å². The van der Waals surface area contributed by atoms with Crippen LogP contribution in [0.4, 0.5) is 4.79 Å². The molecule has 2 amide bonds. The van der Waals surface area contributed by atoms with E-state index in [9.17, 15) is 14.4 Å². The van der Waals surface area contributed by atoms with Crippen LogP contribution in [0, 0.1) is 6.92 Å². The Labute approximate surface area is 257 Å². The first-order valence-electron chi connectivity index (χ1n) is 15.1. The molecule has 3 aromatic carbocycles. The number of rotatable bonds is 6. The van der Waals surface area contributed by atoms with Gasteiger partial charge in [-0.2, -0.15) is 0 Å². The summed E-state index contributed by atoms with van der Waals surface area (Å²) in [5.74, 6) is -0.451. The number of hydrogen-bond acceptors (Lipinski definition) is 5.